The zero-order chi connectivity index (χ0) is 20.9. The number of ketones is 1. The van der Waals surface area contributed by atoms with Crippen LogP contribution in [0.1, 0.15) is 54.9 Å². The van der Waals surface area contributed by atoms with E-state index in [1.54, 1.807) is 20.8 Å². The predicted octanol–water partition coefficient (Wildman–Crippen LogP) is 0.445. The van der Waals surface area contributed by atoms with Gasteiger partial charge >= 0.3 is 12.1 Å². The number of carbonyl (C=O) groups excluding carboxylic acids is 3. The molecule has 0 aliphatic carbocycles. The van der Waals surface area contributed by atoms with Gasteiger partial charge in [-0.25, -0.2) is 9.59 Å². The van der Waals surface area contributed by atoms with E-state index in [1.165, 1.54) is 13.8 Å². The Morgan fingerprint density at radius 1 is 0.926 bits per heavy atom. The van der Waals surface area contributed by atoms with E-state index in [1.807, 2.05) is 0 Å². The summed E-state index contributed by atoms with van der Waals surface area (Å²) in [6, 6.07) is -1.65. The smallest absolute Gasteiger partial charge is 0.408 e. The molecule has 10 heteroatoms. The number of carbonyl (C=O) groups is 4. The van der Waals surface area contributed by atoms with Crippen molar-refractivity contribution in [3.8, 4) is 0 Å². The average molecular weight is 394 g/mol. The van der Waals surface area contributed by atoms with Gasteiger partial charge in [-0.3, -0.25) is 9.59 Å². The molecule has 0 saturated heterocycles. The molecule has 0 aromatic rings. The second-order valence-electron chi connectivity index (χ2n) is 6.43. The summed E-state index contributed by atoms with van der Waals surface area (Å²) in [5, 5.41) is 30.3. The third kappa shape index (κ3) is 18.4. The first kappa shape index (κ1) is 29.6. The van der Waals surface area contributed by atoms with Gasteiger partial charge < -0.3 is 30.7 Å². The van der Waals surface area contributed by atoms with Crippen molar-refractivity contribution in [1.29, 1.82) is 0 Å². The first-order valence-corrected chi connectivity index (χ1v) is 8.05. The molecule has 160 valence electrons. The van der Waals surface area contributed by atoms with Crippen molar-refractivity contribution in [3.63, 3.8) is 0 Å². The Morgan fingerprint density at radius 3 is 1.67 bits per heavy atom. The van der Waals surface area contributed by atoms with E-state index in [-0.39, 0.29) is 45.2 Å². The fourth-order valence-electron chi connectivity index (χ4n) is 1.59. The van der Waals surface area contributed by atoms with Crippen LogP contribution in [0.25, 0.3) is 0 Å². The molecule has 0 aliphatic rings. The second-order valence-corrected chi connectivity index (χ2v) is 6.43. The topological polar surface area (TPSA) is 162 Å². The highest BCUT2D eigenvalue weighted by atomic mass is 16.6. The molecule has 0 fully saturated rings. The molecule has 2 atom stereocenters. The Bertz CT molecular complexity index is 474. The van der Waals surface area contributed by atoms with Gasteiger partial charge in [0.25, 0.3) is 0 Å². The molecule has 5 N–H and O–H groups in total. The summed E-state index contributed by atoms with van der Waals surface area (Å²) in [5.74, 6) is -1.58. The Hall–Kier alpha value is -2.20. The van der Waals surface area contributed by atoms with Crippen LogP contribution in [-0.2, 0) is 19.1 Å². The van der Waals surface area contributed by atoms with Crippen LogP contribution in [0.2, 0.25) is 0 Å². The van der Waals surface area contributed by atoms with E-state index in [2.05, 4.69) is 10.6 Å². The van der Waals surface area contributed by atoms with Crippen molar-refractivity contribution in [2.75, 3.05) is 13.2 Å². The Labute approximate surface area is 160 Å². The fraction of sp³-hybridized carbons (Fsp3) is 0.765. The van der Waals surface area contributed by atoms with Gasteiger partial charge in [0.1, 0.15) is 11.6 Å². The molecule has 0 spiro atoms. The number of ether oxygens (including phenoxy) is 1. The number of aliphatic carboxylic acids is 1. The third-order valence-corrected chi connectivity index (χ3v) is 2.69. The van der Waals surface area contributed by atoms with E-state index >= 15 is 0 Å². The SMILES string of the molecule is C.CC(=O)N[C@H](CCO)C(C)=O.CC(C)(C)OC(=O)N[C@@H](CCO)C(=O)O. The van der Waals surface area contributed by atoms with Gasteiger partial charge in [-0.1, -0.05) is 7.43 Å². The van der Waals surface area contributed by atoms with Crippen molar-refractivity contribution < 1.29 is 39.2 Å². The number of hydrogen-bond donors (Lipinski definition) is 5. The largest absolute Gasteiger partial charge is 0.480 e. The molecule has 0 aromatic carbocycles. The number of amides is 2. The first-order valence-electron chi connectivity index (χ1n) is 8.05. The number of carboxylic acid groups (broad SMARTS) is 1. The lowest BCUT2D eigenvalue weighted by atomic mass is 10.1. The zero-order valence-corrected chi connectivity index (χ0v) is 15.9. The summed E-state index contributed by atoms with van der Waals surface area (Å²) >= 11 is 0. The number of rotatable bonds is 8. The van der Waals surface area contributed by atoms with Crippen LogP contribution in [0.3, 0.4) is 0 Å². The van der Waals surface area contributed by atoms with Crippen molar-refractivity contribution in [2.45, 2.75) is 72.6 Å². The Morgan fingerprint density at radius 2 is 1.37 bits per heavy atom. The summed E-state index contributed by atoms with van der Waals surface area (Å²) in [6.07, 6.45) is -0.563. The molecule has 10 nitrogen and oxygen atoms in total. The number of nitrogens with one attached hydrogen (secondary N) is 2. The molecule has 0 unspecified atom stereocenters. The maximum absolute atomic E-state index is 11.2. The van der Waals surface area contributed by atoms with Gasteiger partial charge in [-0.15, -0.1) is 0 Å². The molecular formula is C17H34N2O8. The van der Waals surface area contributed by atoms with Gasteiger partial charge in [0.15, 0.2) is 5.78 Å². The van der Waals surface area contributed by atoms with E-state index in [4.69, 9.17) is 20.1 Å². The minimum absolute atomic E-state index is 0. The summed E-state index contributed by atoms with van der Waals surface area (Å²) in [4.78, 5) is 43.0. The van der Waals surface area contributed by atoms with Gasteiger partial charge in [0.2, 0.25) is 5.91 Å². The van der Waals surface area contributed by atoms with Gasteiger partial charge in [-0.2, -0.15) is 0 Å². The summed E-state index contributed by atoms with van der Waals surface area (Å²) in [7, 11) is 0. The summed E-state index contributed by atoms with van der Waals surface area (Å²) in [6.45, 7) is 7.35. The monoisotopic (exact) mass is 394 g/mol. The number of carboxylic acids is 1. The van der Waals surface area contributed by atoms with Gasteiger partial charge in [0.05, 0.1) is 6.04 Å². The number of hydrogen-bond acceptors (Lipinski definition) is 7. The highest BCUT2D eigenvalue weighted by molar-refractivity contribution is 5.86. The lowest BCUT2D eigenvalue weighted by Crippen LogP contribution is -2.43. The Kier molecular flexibility index (Phi) is 16.3. The van der Waals surface area contributed by atoms with Gasteiger partial charge in [0, 0.05) is 26.6 Å². The second kappa shape index (κ2) is 14.9. The lowest BCUT2D eigenvalue weighted by molar-refractivity contribution is -0.140. The highest BCUT2D eigenvalue weighted by Crippen LogP contribution is 2.07. The number of aliphatic hydroxyl groups excluding tert-OH is 2. The van der Waals surface area contributed by atoms with Crippen LogP contribution in [0.4, 0.5) is 4.79 Å². The molecular weight excluding hydrogens is 360 g/mol. The maximum atomic E-state index is 11.2. The zero-order valence-electron chi connectivity index (χ0n) is 15.9. The third-order valence-electron chi connectivity index (χ3n) is 2.69. The fourth-order valence-corrected chi connectivity index (χ4v) is 1.59. The quantitative estimate of drug-likeness (QED) is 0.396. The molecule has 0 radical (unpaired) electrons. The van der Waals surface area contributed by atoms with Crippen LogP contribution in [0, 0.1) is 0 Å². The Balaban J connectivity index is -0.000000430. The van der Waals surface area contributed by atoms with Crippen LogP contribution in [0.5, 0.6) is 0 Å². The lowest BCUT2D eigenvalue weighted by Gasteiger charge is -2.21. The minimum Gasteiger partial charge on any atom is -0.480 e. The molecule has 27 heavy (non-hydrogen) atoms. The minimum atomic E-state index is -1.20. The van der Waals surface area contributed by atoms with Crippen molar-refractivity contribution in [3.05, 3.63) is 0 Å². The highest BCUT2D eigenvalue weighted by Gasteiger charge is 2.23. The van der Waals surface area contributed by atoms with Crippen molar-refractivity contribution >= 4 is 23.8 Å². The maximum Gasteiger partial charge on any atom is 0.408 e. The summed E-state index contributed by atoms with van der Waals surface area (Å²) < 4.78 is 4.87. The van der Waals surface area contributed by atoms with Crippen LogP contribution >= 0.6 is 0 Å². The van der Waals surface area contributed by atoms with E-state index in [9.17, 15) is 19.2 Å². The first-order chi connectivity index (χ1) is 11.8. The number of Topliss-reactive ketones (excluding diaryl/α,β-unsaturated/α-hetero) is 1. The molecule has 2 amide bonds. The molecule has 0 bridgehead atoms. The van der Waals surface area contributed by atoms with E-state index in [0.717, 1.165) is 0 Å². The van der Waals surface area contributed by atoms with E-state index < -0.39 is 29.7 Å². The molecule has 0 rings (SSSR count). The number of alkyl carbamates (subject to hydrolysis) is 1. The van der Waals surface area contributed by atoms with Crippen LogP contribution in [0.15, 0.2) is 0 Å². The van der Waals surface area contributed by atoms with E-state index in [0.29, 0.717) is 0 Å². The van der Waals surface area contributed by atoms with Crippen molar-refractivity contribution in [2.24, 2.45) is 0 Å². The van der Waals surface area contributed by atoms with Crippen LogP contribution in [-0.4, -0.2) is 70.0 Å². The summed E-state index contributed by atoms with van der Waals surface area (Å²) in [5.41, 5.74) is -0.674. The molecule has 0 saturated carbocycles. The number of aliphatic hydroxyl groups is 2. The van der Waals surface area contributed by atoms with Crippen molar-refractivity contribution in [1.82, 2.24) is 10.6 Å². The molecule has 0 aromatic heterocycles. The predicted molar refractivity (Wildman–Crippen MR) is 99.2 cm³/mol. The standard InChI is InChI=1S/C9H17NO5.C7H13NO3.CH4/c1-9(2,3)15-8(14)10-6(4-5-11)7(12)13;1-5(10)7(3-4-9)8-6(2)11;/h6,11H,4-5H2,1-3H3,(H,10,14)(H,12,13);7,9H,3-4H2,1-2H3,(H,8,11);1H4/t6-;7-;/m01./s1. The van der Waals surface area contributed by atoms with Gasteiger partial charge in [-0.05, 0) is 34.1 Å². The molecule has 0 heterocycles. The molecule has 0 aliphatic heterocycles. The average Bonchev–Trinajstić information content (AvgIpc) is 2.44. The van der Waals surface area contributed by atoms with Crippen LogP contribution < -0.4 is 10.6 Å². The normalized spacial score (nSPS) is 12.3.